The molecule has 0 saturated carbocycles. The predicted octanol–water partition coefficient (Wildman–Crippen LogP) is 1.32. The second-order valence-electron chi connectivity index (χ2n) is 3.90. The monoisotopic (exact) mass is 211 g/mol. The van der Waals surface area contributed by atoms with Crippen molar-refractivity contribution in [2.24, 2.45) is 5.92 Å². The largest absolute Gasteiger partial charge is 0.499 e. The minimum Gasteiger partial charge on any atom is -0.499 e. The van der Waals surface area contributed by atoms with Gasteiger partial charge in [0.05, 0.1) is 13.2 Å². The van der Waals surface area contributed by atoms with E-state index in [1.54, 1.807) is 6.92 Å². The van der Waals surface area contributed by atoms with Gasteiger partial charge in [0.25, 0.3) is 5.91 Å². The van der Waals surface area contributed by atoms with Crippen LogP contribution in [0.25, 0.3) is 0 Å². The summed E-state index contributed by atoms with van der Waals surface area (Å²) in [6.07, 6.45) is 1.73. The van der Waals surface area contributed by atoms with Crippen molar-refractivity contribution in [3.8, 4) is 0 Å². The number of carbonyl (C=O) groups excluding carboxylic acids is 2. The fraction of sp³-hybridized carbons (Fsp3) is 0.636. The first-order valence-corrected chi connectivity index (χ1v) is 5.14. The maximum Gasteiger partial charge on any atom is 0.257 e. The Morgan fingerprint density at radius 3 is 2.60 bits per heavy atom. The third kappa shape index (κ3) is 2.03. The average Bonchev–Trinajstić information content (AvgIpc) is 2.54. The van der Waals surface area contributed by atoms with Crippen LogP contribution in [-0.2, 0) is 14.3 Å². The van der Waals surface area contributed by atoms with E-state index in [0.717, 1.165) is 0 Å². The molecule has 1 aliphatic heterocycles. The van der Waals surface area contributed by atoms with E-state index >= 15 is 0 Å². The lowest BCUT2D eigenvalue weighted by atomic mass is 10.0. The topological polar surface area (TPSA) is 46.6 Å². The van der Waals surface area contributed by atoms with Crippen LogP contribution in [0.4, 0.5) is 0 Å². The number of hydrogen-bond donors (Lipinski definition) is 0. The molecule has 0 radical (unpaired) electrons. The lowest BCUT2D eigenvalue weighted by Crippen LogP contribution is -2.43. The smallest absolute Gasteiger partial charge is 0.257 e. The van der Waals surface area contributed by atoms with E-state index in [4.69, 9.17) is 4.74 Å². The molecule has 0 aliphatic carbocycles. The molecule has 84 valence electrons. The molecule has 0 bridgehead atoms. The summed E-state index contributed by atoms with van der Waals surface area (Å²) in [4.78, 5) is 24.5. The zero-order valence-corrected chi connectivity index (χ0v) is 9.61. The molecule has 0 unspecified atom stereocenters. The Kier molecular flexibility index (Phi) is 3.50. The molecule has 1 heterocycles. The van der Waals surface area contributed by atoms with Crippen molar-refractivity contribution in [1.82, 2.24) is 4.90 Å². The Morgan fingerprint density at radius 2 is 2.20 bits per heavy atom. The average molecular weight is 211 g/mol. The molecule has 4 heteroatoms. The first kappa shape index (κ1) is 11.8. The van der Waals surface area contributed by atoms with Gasteiger partial charge in [-0.25, -0.2) is 0 Å². The minimum absolute atomic E-state index is 0.151. The summed E-state index contributed by atoms with van der Waals surface area (Å²) >= 11 is 0. The van der Waals surface area contributed by atoms with Crippen LogP contribution < -0.4 is 0 Å². The van der Waals surface area contributed by atoms with Crippen LogP contribution in [0.5, 0.6) is 0 Å². The van der Waals surface area contributed by atoms with Crippen molar-refractivity contribution in [2.45, 2.75) is 33.2 Å². The fourth-order valence-electron chi connectivity index (χ4n) is 1.80. The summed E-state index contributed by atoms with van der Waals surface area (Å²) in [7, 11) is 1.52. The quantitative estimate of drug-likeness (QED) is 0.707. The lowest BCUT2D eigenvalue weighted by molar-refractivity contribution is -0.143. The highest BCUT2D eigenvalue weighted by Crippen LogP contribution is 2.26. The molecule has 1 aliphatic rings. The maximum absolute atomic E-state index is 11.6. The van der Waals surface area contributed by atoms with Gasteiger partial charge in [-0.05, 0) is 5.92 Å². The number of amides is 2. The van der Waals surface area contributed by atoms with Crippen LogP contribution in [0.15, 0.2) is 11.8 Å². The molecule has 1 atom stereocenters. The maximum atomic E-state index is 11.6. The van der Waals surface area contributed by atoms with Crippen LogP contribution in [0.2, 0.25) is 0 Å². The second-order valence-corrected chi connectivity index (χ2v) is 3.90. The van der Waals surface area contributed by atoms with Gasteiger partial charge in [-0.2, -0.15) is 0 Å². The van der Waals surface area contributed by atoms with Gasteiger partial charge < -0.3 is 4.74 Å². The Balaban J connectivity index is 2.99. The van der Waals surface area contributed by atoms with E-state index in [-0.39, 0.29) is 23.8 Å². The molecular formula is C11H17NO3. The lowest BCUT2D eigenvalue weighted by Gasteiger charge is -2.27. The highest BCUT2D eigenvalue weighted by Gasteiger charge is 2.39. The summed E-state index contributed by atoms with van der Waals surface area (Å²) in [5, 5.41) is 0. The van der Waals surface area contributed by atoms with Crippen molar-refractivity contribution in [2.75, 3.05) is 7.11 Å². The van der Waals surface area contributed by atoms with Gasteiger partial charge in [-0.3, -0.25) is 14.5 Å². The summed E-state index contributed by atoms with van der Waals surface area (Å²) in [5.74, 6) is 0.328. The molecule has 0 fully saturated rings. The van der Waals surface area contributed by atoms with Gasteiger partial charge in [0.15, 0.2) is 0 Å². The molecule has 0 spiro atoms. The molecule has 4 nitrogen and oxygen atoms in total. The van der Waals surface area contributed by atoms with Crippen LogP contribution in [0.1, 0.15) is 27.2 Å². The third-order valence-corrected chi connectivity index (χ3v) is 2.51. The molecule has 2 amide bonds. The highest BCUT2D eigenvalue weighted by molar-refractivity contribution is 6.04. The highest BCUT2D eigenvalue weighted by atomic mass is 16.5. The number of rotatable bonds is 3. The van der Waals surface area contributed by atoms with E-state index in [1.807, 2.05) is 13.8 Å². The van der Waals surface area contributed by atoms with E-state index < -0.39 is 0 Å². The van der Waals surface area contributed by atoms with Crippen LogP contribution >= 0.6 is 0 Å². The van der Waals surface area contributed by atoms with E-state index in [0.29, 0.717) is 12.2 Å². The fourth-order valence-corrected chi connectivity index (χ4v) is 1.80. The Morgan fingerprint density at radius 1 is 1.60 bits per heavy atom. The van der Waals surface area contributed by atoms with Crippen molar-refractivity contribution in [3.05, 3.63) is 11.8 Å². The van der Waals surface area contributed by atoms with E-state index in [9.17, 15) is 9.59 Å². The Hall–Kier alpha value is -1.32. The number of imide groups is 1. The van der Waals surface area contributed by atoms with Crippen molar-refractivity contribution >= 4 is 11.8 Å². The number of carbonyl (C=O) groups is 2. The van der Waals surface area contributed by atoms with E-state index in [1.165, 1.54) is 18.1 Å². The molecule has 0 aromatic rings. The molecule has 0 aromatic heterocycles. The van der Waals surface area contributed by atoms with Crippen molar-refractivity contribution < 1.29 is 14.3 Å². The summed E-state index contributed by atoms with van der Waals surface area (Å²) in [6.45, 7) is 5.68. The van der Waals surface area contributed by atoms with Crippen LogP contribution in [0, 0.1) is 5.92 Å². The number of ether oxygens (including phenoxy) is 1. The van der Waals surface area contributed by atoms with Gasteiger partial charge in [-0.15, -0.1) is 0 Å². The predicted molar refractivity (Wildman–Crippen MR) is 55.9 cm³/mol. The first-order chi connectivity index (χ1) is 7.02. The molecule has 0 N–H and O–H groups in total. The van der Waals surface area contributed by atoms with Gasteiger partial charge in [-0.1, -0.05) is 20.8 Å². The van der Waals surface area contributed by atoms with Gasteiger partial charge >= 0.3 is 0 Å². The zero-order valence-electron chi connectivity index (χ0n) is 9.61. The third-order valence-electron chi connectivity index (χ3n) is 2.51. The van der Waals surface area contributed by atoms with Crippen molar-refractivity contribution in [1.29, 1.82) is 0 Å². The van der Waals surface area contributed by atoms with Gasteiger partial charge in [0.1, 0.15) is 5.76 Å². The minimum atomic E-state index is -0.266. The molecular weight excluding hydrogens is 194 g/mol. The molecule has 1 rings (SSSR count). The van der Waals surface area contributed by atoms with Crippen LogP contribution in [0.3, 0.4) is 0 Å². The second kappa shape index (κ2) is 4.47. The Labute approximate surface area is 89.9 Å². The summed E-state index contributed by atoms with van der Waals surface area (Å²) in [6, 6.07) is -0.241. The zero-order chi connectivity index (χ0) is 11.6. The number of methoxy groups -OCH3 is 1. The summed E-state index contributed by atoms with van der Waals surface area (Å²) in [5.41, 5.74) is 0. The van der Waals surface area contributed by atoms with E-state index in [2.05, 4.69) is 0 Å². The normalized spacial score (nSPS) is 20.9. The number of nitrogens with zero attached hydrogens (tertiary/aromatic N) is 1. The Bertz CT molecular complexity index is 307. The molecule has 0 saturated heterocycles. The molecule has 0 aromatic carbocycles. The standard InChI is InChI=1S/C11H17NO3/c1-5-9(13)12-10(14)6-8(15-4)11(12)7(2)3/h6-7,11H,5H2,1-4H3/t11-/m1/s1. The first-order valence-electron chi connectivity index (χ1n) is 5.14. The molecule has 15 heavy (non-hydrogen) atoms. The SMILES string of the molecule is CCC(=O)N1C(=O)C=C(OC)[C@H]1C(C)C. The number of hydrogen-bond acceptors (Lipinski definition) is 3. The van der Waals surface area contributed by atoms with Crippen molar-refractivity contribution in [3.63, 3.8) is 0 Å². The van der Waals surface area contributed by atoms with Gasteiger partial charge in [0, 0.05) is 12.5 Å². The van der Waals surface area contributed by atoms with Gasteiger partial charge in [0.2, 0.25) is 5.91 Å². The van der Waals surface area contributed by atoms with Crippen LogP contribution in [-0.4, -0.2) is 29.9 Å². The summed E-state index contributed by atoms with van der Waals surface area (Å²) < 4.78 is 5.13.